The summed E-state index contributed by atoms with van der Waals surface area (Å²) in [4.78, 5) is 31.6. The zero-order valence-electron chi connectivity index (χ0n) is 21.1. The molecule has 0 saturated carbocycles. The van der Waals surface area contributed by atoms with E-state index in [2.05, 4.69) is 4.90 Å². The lowest BCUT2D eigenvalue weighted by Crippen LogP contribution is -2.33. The van der Waals surface area contributed by atoms with Gasteiger partial charge in [0.2, 0.25) is 0 Å². The minimum atomic E-state index is -0.667. The van der Waals surface area contributed by atoms with Gasteiger partial charge < -0.3 is 14.2 Å². The molecule has 192 valence electrons. The molecule has 0 bridgehead atoms. The van der Waals surface area contributed by atoms with Crippen molar-refractivity contribution < 1.29 is 23.8 Å². The lowest BCUT2D eigenvalue weighted by molar-refractivity contribution is -0.117. The molecular formula is C29H31N3O5. The minimum Gasteiger partial charge on any atom is -0.493 e. The van der Waals surface area contributed by atoms with Gasteiger partial charge in [0.1, 0.15) is 24.1 Å². The molecule has 2 fully saturated rings. The molecule has 5 rings (SSSR count). The maximum absolute atomic E-state index is 13.4. The number of ether oxygens (including phenoxy) is 3. The second-order valence-corrected chi connectivity index (χ2v) is 9.14. The minimum absolute atomic E-state index is 0.299. The summed E-state index contributed by atoms with van der Waals surface area (Å²) in [6, 6.07) is 20.6. The topological polar surface area (TPSA) is 71.5 Å². The van der Waals surface area contributed by atoms with Crippen molar-refractivity contribution in [1.82, 2.24) is 4.90 Å². The van der Waals surface area contributed by atoms with Crippen LogP contribution in [0.4, 0.5) is 16.2 Å². The molecule has 37 heavy (non-hydrogen) atoms. The molecule has 0 radical (unpaired) electrons. The van der Waals surface area contributed by atoms with Crippen molar-refractivity contribution in [1.29, 1.82) is 0 Å². The fourth-order valence-electron chi connectivity index (χ4n) is 4.74. The van der Waals surface area contributed by atoms with Crippen molar-refractivity contribution in [2.45, 2.75) is 25.8 Å². The third kappa shape index (κ3) is 5.24. The lowest BCUT2D eigenvalue weighted by atomic mass is 10.2. The summed E-state index contributed by atoms with van der Waals surface area (Å²) in [5.41, 5.74) is 1.06. The van der Waals surface area contributed by atoms with E-state index in [-0.39, 0.29) is 5.91 Å². The molecule has 3 aromatic carbocycles. The first-order valence-corrected chi connectivity index (χ1v) is 12.6. The molecule has 2 heterocycles. The molecule has 0 N–H and O–H groups in total. The number of methoxy groups -OCH3 is 1. The van der Waals surface area contributed by atoms with Gasteiger partial charge in [0.25, 0.3) is 5.91 Å². The third-order valence-corrected chi connectivity index (χ3v) is 6.73. The van der Waals surface area contributed by atoms with Crippen LogP contribution in [-0.4, -0.2) is 56.2 Å². The van der Waals surface area contributed by atoms with E-state index < -0.39 is 12.1 Å². The number of hydrogen-bond donors (Lipinski definition) is 0. The molecule has 0 spiro atoms. The van der Waals surface area contributed by atoms with Gasteiger partial charge in [-0.3, -0.25) is 14.6 Å². The van der Waals surface area contributed by atoms with Gasteiger partial charge in [0, 0.05) is 12.6 Å². The predicted octanol–water partition coefficient (Wildman–Crippen LogP) is 5.32. The number of carbonyl (C=O) groups excluding carboxylic acids is 2. The largest absolute Gasteiger partial charge is 0.493 e. The standard InChI is InChI=1S/C29H31N3O5/c1-21-28(33)32(22-10-13-25(14-11-22)37-24-8-4-3-5-9-24)29(34)31(21)23-12-15-26(27(20-23)35-2)36-19-18-30-16-6-7-17-30/h3-5,8-15,20-21H,6-7,16-19H2,1-2H3. The SMILES string of the molecule is COc1cc(N2C(=O)N(c3ccc(Oc4ccccc4)cc3)C(=O)C2C)ccc1OCCN1CCCC1. The van der Waals surface area contributed by atoms with Gasteiger partial charge in [-0.1, -0.05) is 18.2 Å². The Bertz CT molecular complexity index is 1240. The van der Waals surface area contributed by atoms with Crippen LogP contribution in [0.1, 0.15) is 19.8 Å². The van der Waals surface area contributed by atoms with Gasteiger partial charge >= 0.3 is 6.03 Å². The molecule has 2 aliphatic heterocycles. The Labute approximate surface area is 216 Å². The first-order valence-electron chi connectivity index (χ1n) is 12.6. The van der Waals surface area contributed by atoms with E-state index in [0.29, 0.717) is 41.0 Å². The molecule has 0 aliphatic carbocycles. The summed E-state index contributed by atoms with van der Waals surface area (Å²) in [6.07, 6.45) is 2.48. The predicted molar refractivity (Wildman–Crippen MR) is 142 cm³/mol. The number of imide groups is 1. The number of likely N-dealkylation sites (tertiary alicyclic amines) is 1. The highest BCUT2D eigenvalue weighted by Crippen LogP contribution is 2.36. The molecule has 1 atom stereocenters. The quantitative estimate of drug-likeness (QED) is 0.370. The van der Waals surface area contributed by atoms with Crippen LogP contribution in [-0.2, 0) is 4.79 Å². The number of benzene rings is 3. The summed E-state index contributed by atoms with van der Waals surface area (Å²) in [7, 11) is 1.57. The van der Waals surface area contributed by atoms with Crippen molar-refractivity contribution in [2.24, 2.45) is 0 Å². The summed E-state index contributed by atoms with van der Waals surface area (Å²) in [5, 5.41) is 0. The highest BCUT2D eigenvalue weighted by Gasteiger charge is 2.44. The number of urea groups is 1. The number of rotatable bonds is 9. The van der Waals surface area contributed by atoms with Crippen molar-refractivity contribution in [3.8, 4) is 23.0 Å². The zero-order chi connectivity index (χ0) is 25.8. The molecule has 3 aromatic rings. The lowest BCUT2D eigenvalue weighted by Gasteiger charge is -2.21. The van der Waals surface area contributed by atoms with E-state index in [4.69, 9.17) is 14.2 Å². The van der Waals surface area contributed by atoms with Crippen molar-refractivity contribution in [3.05, 3.63) is 72.8 Å². The number of hydrogen-bond acceptors (Lipinski definition) is 6. The van der Waals surface area contributed by atoms with Gasteiger partial charge in [0.15, 0.2) is 11.5 Å². The number of para-hydroxylation sites is 1. The molecule has 3 amide bonds. The van der Waals surface area contributed by atoms with Crippen LogP contribution in [0.2, 0.25) is 0 Å². The van der Waals surface area contributed by atoms with E-state index in [1.54, 1.807) is 56.5 Å². The van der Waals surface area contributed by atoms with Crippen molar-refractivity contribution in [2.75, 3.05) is 43.2 Å². The monoisotopic (exact) mass is 501 g/mol. The average Bonchev–Trinajstić information content (AvgIpc) is 3.51. The van der Waals surface area contributed by atoms with E-state index in [1.165, 1.54) is 22.6 Å². The highest BCUT2D eigenvalue weighted by atomic mass is 16.5. The second-order valence-electron chi connectivity index (χ2n) is 9.14. The van der Waals surface area contributed by atoms with Crippen LogP contribution < -0.4 is 24.0 Å². The van der Waals surface area contributed by atoms with E-state index >= 15 is 0 Å². The number of amides is 3. The maximum Gasteiger partial charge on any atom is 0.336 e. The van der Waals surface area contributed by atoms with Crippen LogP contribution in [0.5, 0.6) is 23.0 Å². The molecule has 8 nitrogen and oxygen atoms in total. The Kier molecular flexibility index (Phi) is 7.28. The first kappa shape index (κ1) is 24.6. The summed E-state index contributed by atoms with van der Waals surface area (Å²) < 4.78 is 17.3. The molecule has 2 saturated heterocycles. The van der Waals surface area contributed by atoms with Crippen molar-refractivity contribution in [3.63, 3.8) is 0 Å². The van der Waals surface area contributed by atoms with Gasteiger partial charge in [-0.2, -0.15) is 0 Å². The maximum atomic E-state index is 13.4. The zero-order valence-corrected chi connectivity index (χ0v) is 21.1. The Morgan fingerprint density at radius 3 is 2.22 bits per heavy atom. The summed E-state index contributed by atoms with van der Waals surface area (Å²) in [5.74, 6) is 2.16. The Balaban J connectivity index is 1.29. The Morgan fingerprint density at radius 2 is 1.51 bits per heavy atom. The van der Waals surface area contributed by atoms with E-state index in [9.17, 15) is 9.59 Å². The first-order chi connectivity index (χ1) is 18.0. The Hall–Kier alpha value is -4.04. The number of nitrogens with zero attached hydrogens (tertiary/aromatic N) is 3. The smallest absolute Gasteiger partial charge is 0.336 e. The van der Waals surface area contributed by atoms with E-state index in [1.807, 2.05) is 30.3 Å². The number of carbonyl (C=O) groups is 2. The highest BCUT2D eigenvalue weighted by molar-refractivity contribution is 6.28. The summed E-state index contributed by atoms with van der Waals surface area (Å²) >= 11 is 0. The molecule has 0 aromatic heterocycles. The van der Waals surface area contributed by atoms with Crippen LogP contribution in [0.15, 0.2) is 72.8 Å². The van der Waals surface area contributed by atoms with Crippen molar-refractivity contribution >= 4 is 23.3 Å². The van der Waals surface area contributed by atoms with Crippen LogP contribution in [0.25, 0.3) is 0 Å². The van der Waals surface area contributed by atoms with Gasteiger partial charge in [-0.05, 0) is 81.4 Å². The van der Waals surface area contributed by atoms with Gasteiger partial charge in [0.05, 0.1) is 18.5 Å². The summed E-state index contributed by atoms with van der Waals surface area (Å²) in [6.45, 7) is 5.37. The molecule has 1 unspecified atom stereocenters. The Morgan fingerprint density at radius 1 is 0.838 bits per heavy atom. The molecule has 2 aliphatic rings. The fraction of sp³-hybridized carbons (Fsp3) is 0.310. The molecule has 8 heteroatoms. The van der Waals surface area contributed by atoms with E-state index in [0.717, 1.165) is 19.6 Å². The fourth-order valence-corrected chi connectivity index (χ4v) is 4.74. The van der Waals surface area contributed by atoms with Crippen LogP contribution in [0.3, 0.4) is 0 Å². The third-order valence-electron chi connectivity index (χ3n) is 6.73. The van der Waals surface area contributed by atoms with Crippen LogP contribution >= 0.6 is 0 Å². The molecular weight excluding hydrogens is 470 g/mol. The second kappa shape index (κ2) is 10.9. The van der Waals surface area contributed by atoms with Crippen LogP contribution in [0, 0.1) is 0 Å². The normalized spacial score (nSPS) is 17.9. The average molecular weight is 502 g/mol. The number of anilines is 2. The van der Waals surface area contributed by atoms with Gasteiger partial charge in [-0.15, -0.1) is 0 Å². The van der Waals surface area contributed by atoms with Gasteiger partial charge in [-0.25, -0.2) is 9.69 Å².